The molecule has 2 unspecified atom stereocenters. The van der Waals surface area contributed by atoms with Crippen LogP contribution in [-0.4, -0.2) is 96.7 Å². The Morgan fingerprint density at radius 3 is 0.613 bits per heavy atom. The van der Waals surface area contributed by atoms with Crippen molar-refractivity contribution in [3.05, 3.63) is 0 Å². The van der Waals surface area contributed by atoms with Gasteiger partial charge >= 0.3 is 39.5 Å². The Morgan fingerprint density at radius 1 is 0.243 bits per heavy atom. The van der Waals surface area contributed by atoms with Crippen molar-refractivity contribution in [1.82, 2.24) is 0 Å². The topological polar surface area (TPSA) is 237 Å². The third-order valence-corrected chi connectivity index (χ3v) is 23.7. The average Bonchev–Trinajstić information content (AvgIpc) is 0.900. The van der Waals surface area contributed by atoms with Gasteiger partial charge in [-0.3, -0.25) is 37.3 Å². The van der Waals surface area contributed by atoms with Crippen molar-refractivity contribution in [3.63, 3.8) is 0 Å². The molecule has 0 heterocycles. The zero-order chi connectivity index (χ0) is 81.1. The zero-order valence-corrected chi connectivity index (χ0v) is 74.9. The number of phosphoric ester groups is 2. The highest BCUT2D eigenvalue weighted by molar-refractivity contribution is 7.47. The Labute approximate surface area is 683 Å². The number of hydrogen-bond acceptors (Lipinski definition) is 15. The van der Waals surface area contributed by atoms with Crippen LogP contribution in [0.25, 0.3) is 0 Å². The lowest BCUT2D eigenvalue weighted by molar-refractivity contribution is -0.161. The summed E-state index contributed by atoms with van der Waals surface area (Å²) in [5, 5.41) is 10.7. The van der Waals surface area contributed by atoms with Crippen LogP contribution in [0.1, 0.15) is 503 Å². The SMILES string of the molecule is CCCCCCCCCCCCCCCCCCCCCCCC(=O)OC[C@H](COP(=O)(O)OC[C@@H](O)COP(=O)(O)OC[C@@H](COC(=O)CCCCCCCCCCC)OC(=O)CCCCCCCCCCCCCCCCCCCCCC)OC(=O)CCCCCCCCCCCCCCCCCCCCC(C)C. The van der Waals surface area contributed by atoms with E-state index in [1.807, 2.05) is 0 Å². The molecule has 0 aromatic rings. The molecule has 0 aromatic heterocycles. The van der Waals surface area contributed by atoms with Crippen LogP contribution in [0, 0.1) is 5.92 Å². The van der Waals surface area contributed by atoms with E-state index in [2.05, 4.69) is 34.6 Å². The zero-order valence-electron chi connectivity index (χ0n) is 73.1. The standard InChI is InChI=1S/C92H180O17P2/c1-6-9-12-15-18-21-23-25-27-29-31-33-35-39-43-47-51-56-61-66-71-76-90(95)103-82-88(109-92(97)78-73-68-63-58-53-49-45-41-37-36-38-42-46-50-55-59-64-69-74-85(4)5)84-107-111(100,101)105-80-86(93)79-104-110(98,99)106-83-87(81-102-89(94)75-70-65-60-54-20-17-14-11-8-3)108-91(96)77-72-67-62-57-52-48-44-40-34-32-30-28-26-24-22-19-16-13-10-7-2/h85-88,93H,6-84H2,1-5H3,(H,98,99)(H,100,101)/t86-,87+,88+/m0/s1. The molecule has 0 aliphatic heterocycles. The second-order valence-corrected chi connectivity index (χ2v) is 36.4. The third-order valence-electron chi connectivity index (χ3n) is 21.8. The molecule has 0 spiro atoms. The molecule has 111 heavy (non-hydrogen) atoms. The molecular weight excluding hydrogens is 1440 g/mol. The Bertz CT molecular complexity index is 2100. The van der Waals surface area contributed by atoms with Crippen LogP contribution in [0.3, 0.4) is 0 Å². The Hall–Kier alpha value is -1.94. The van der Waals surface area contributed by atoms with E-state index in [9.17, 15) is 43.2 Å². The summed E-state index contributed by atoms with van der Waals surface area (Å²) >= 11 is 0. The van der Waals surface area contributed by atoms with Crippen molar-refractivity contribution >= 4 is 39.5 Å². The summed E-state index contributed by atoms with van der Waals surface area (Å²) in [6.45, 7) is 7.42. The van der Waals surface area contributed by atoms with Crippen molar-refractivity contribution in [2.45, 2.75) is 522 Å². The largest absolute Gasteiger partial charge is 0.472 e. The van der Waals surface area contributed by atoms with Crippen LogP contribution in [0.4, 0.5) is 0 Å². The fourth-order valence-electron chi connectivity index (χ4n) is 14.5. The van der Waals surface area contributed by atoms with E-state index in [1.54, 1.807) is 0 Å². The summed E-state index contributed by atoms with van der Waals surface area (Å²) in [6.07, 6.45) is 80.8. The normalized spacial score (nSPS) is 13.7. The average molecular weight is 1620 g/mol. The molecule has 0 saturated carbocycles. The van der Waals surface area contributed by atoms with Gasteiger partial charge < -0.3 is 33.8 Å². The first-order chi connectivity index (χ1) is 54.0. The molecule has 0 aliphatic carbocycles. The lowest BCUT2D eigenvalue weighted by Gasteiger charge is -2.21. The number of hydrogen-bond donors (Lipinski definition) is 3. The van der Waals surface area contributed by atoms with E-state index in [0.29, 0.717) is 25.7 Å². The maximum Gasteiger partial charge on any atom is 0.472 e. The van der Waals surface area contributed by atoms with Gasteiger partial charge in [-0.05, 0) is 31.6 Å². The molecule has 0 fully saturated rings. The molecular formula is C92H180O17P2. The molecule has 0 saturated heterocycles. The molecule has 0 radical (unpaired) electrons. The first-order valence-corrected chi connectivity index (χ1v) is 50.6. The Morgan fingerprint density at radius 2 is 0.414 bits per heavy atom. The maximum absolute atomic E-state index is 13.2. The van der Waals surface area contributed by atoms with Crippen molar-refractivity contribution in [2.24, 2.45) is 5.92 Å². The van der Waals surface area contributed by atoms with Crippen molar-refractivity contribution < 1.29 is 80.2 Å². The highest BCUT2D eigenvalue weighted by Crippen LogP contribution is 2.45. The fraction of sp³-hybridized carbons (Fsp3) is 0.957. The number of unbranched alkanes of at least 4 members (excludes halogenated alkanes) is 64. The quantitative estimate of drug-likeness (QED) is 0.0222. The van der Waals surface area contributed by atoms with Crippen molar-refractivity contribution in [3.8, 4) is 0 Å². The van der Waals surface area contributed by atoms with Gasteiger partial charge in [0.1, 0.15) is 19.3 Å². The van der Waals surface area contributed by atoms with Gasteiger partial charge in [0.15, 0.2) is 12.2 Å². The van der Waals surface area contributed by atoms with E-state index < -0.39 is 97.5 Å². The number of carbonyl (C=O) groups is 4. The van der Waals surface area contributed by atoms with Crippen LogP contribution in [0.2, 0.25) is 0 Å². The second-order valence-electron chi connectivity index (χ2n) is 33.5. The molecule has 0 bridgehead atoms. The molecule has 660 valence electrons. The molecule has 0 aliphatic rings. The summed E-state index contributed by atoms with van der Waals surface area (Å²) in [6, 6.07) is 0. The molecule has 0 rings (SSSR count). The first-order valence-electron chi connectivity index (χ1n) is 47.6. The molecule has 0 amide bonds. The van der Waals surface area contributed by atoms with Crippen LogP contribution < -0.4 is 0 Å². The maximum atomic E-state index is 13.2. The van der Waals surface area contributed by atoms with E-state index in [1.165, 1.54) is 327 Å². The van der Waals surface area contributed by atoms with Gasteiger partial charge in [-0.15, -0.1) is 0 Å². The van der Waals surface area contributed by atoms with Gasteiger partial charge in [-0.25, -0.2) is 9.13 Å². The lowest BCUT2D eigenvalue weighted by Crippen LogP contribution is -2.30. The van der Waals surface area contributed by atoms with Crippen LogP contribution in [0.15, 0.2) is 0 Å². The van der Waals surface area contributed by atoms with Gasteiger partial charge in [0.05, 0.1) is 26.4 Å². The number of rotatable bonds is 92. The molecule has 17 nitrogen and oxygen atoms in total. The van der Waals surface area contributed by atoms with Crippen molar-refractivity contribution in [1.29, 1.82) is 0 Å². The van der Waals surface area contributed by atoms with E-state index >= 15 is 0 Å². The number of phosphoric acid groups is 2. The number of esters is 4. The van der Waals surface area contributed by atoms with Gasteiger partial charge in [0.25, 0.3) is 0 Å². The summed E-state index contributed by atoms with van der Waals surface area (Å²) in [5.41, 5.74) is 0. The predicted octanol–water partition coefficient (Wildman–Crippen LogP) is 28.7. The first kappa shape index (κ1) is 109. The minimum atomic E-state index is -4.97. The number of aliphatic hydroxyl groups excluding tert-OH is 1. The van der Waals surface area contributed by atoms with Gasteiger partial charge in [0, 0.05) is 25.7 Å². The monoisotopic (exact) mass is 1620 g/mol. The highest BCUT2D eigenvalue weighted by atomic mass is 31.2. The molecule has 19 heteroatoms. The lowest BCUT2D eigenvalue weighted by atomic mass is 10.0. The fourth-order valence-corrected chi connectivity index (χ4v) is 16.1. The van der Waals surface area contributed by atoms with Gasteiger partial charge in [0.2, 0.25) is 0 Å². The van der Waals surface area contributed by atoms with Crippen LogP contribution in [0.5, 0.6) is 0 Å². The number of ether oxygens (including phenoxy) is 4. The van der Waals surface area contributed by atoms with Gasteiger partial charge in [-0.2, -0.15) is 0 Å². The molecule has 5 atom stereocenters. The van der Waals surface area contributed by atoms with E-state index in [0.717, 1.165) is 95.8 Å². The number of carbonyl (C=O) groups excluding carboxylic acids is 4. The van der Waals surface area contributed by atoms with E-state index in [4.69, 9.17) is 37.0 Å². The predicted molar refractivity (Wildman–Crippen MR) is 460 cm³/mol. The summed E-state index contributed by atoms with van der Waals surface area (Å²) in [4.78, 5) is 73.4. The summed E-state index contributed by atoms with van der Waals surface area (Å²) in [7, 11) is -9.93. The Kier molecular flexibility index (Phi) is 83.0. The second kappa shape index (κ2) is 84.5. The Balaban J connectivity index is 5.18. The summed E-state index contributed by atoms with van der Waals surface area (Å²) < 4.78 is 69.0. The van der Waals surface area contributed by atoms with Crippen LogP contribution >= 0.6 is 15.6 Å². The minimum Gasteiger partial charge on any atom is -0.462 e. The number of aliphatic hydroxyl groups is 1. The van der Waals surface area contributed by atoms with E-state index in [-0.39, 0.29) is 25.7 Å². The minimum absolute atomic E-state index is 0.109. The highest BCUT2D eigenvalue weighted by Gasteiger charge is 2.31. The smallest absolute Gasteiger partial charge is 0.462 e. The summed E-state index contributed by atoms with van der Waals surface area (Å²) in [5.74, 6) is -1.27. The third kappa shape index (κ3) is 85.8. The van der Waals surface area contributed by atoms with Crippen LogP contribution in [-0.2, 0) is 65.4 Å². The van der Waals surface area contributed by atoms with Crippen molar-refractivity contribution in [2.75, 3.05) is 39.6 Å². The van der Waals surface area contributed by atoms with Gasteiger partial charge in [-0.1, -0.05) is 452 Å². The molecule has 3 N–H and O–H groups in total. The molecule has 0 aromatic carbocycles.